The van der Waals surface area contributed by atoms with Crippen molar-refractivity contribution in [2.24, 2.45) is 11.8 Å². The molecule has 1 aliphatic carbocycles. The van der Waals surface area contributed by atoms with Crippen LogP contribution in [-0.2, 0) is 27.3 Å². The van der Waals surface area contributed by atoms with Gasteiger partial charge in [0.05, 0.1) is 6.61 Å². The second-order valence-electron chi connectivity index (χ2n) is 10.0. The van der Waals surface area contributed by atoms with Crippen molar-refractivity contribution in [2.45, 2.75) is 71.4 Å². The molecule has 0 aromatic heterocycles. The SMILES string of the molecule is Cc1c(CC(=O)C2CCCOC2)cc(F)cc1CN1CCN(C(=O)C2CCCC2)[C@@H](C)C1. The lowest BCUT2D eigenvalue weighted by Gasteiger charge is -2.41. The highest BCUT2D eigenvalue weighted by Crippen LogP contribution is 2.29. The van der Waals surface area contributed by atoms with Gasteiger partial charge >= 0.3 is 0 Å². The van der Waals surface area contributed by atoms with Crippen LogP contribution in [0.15, 0.2) is 12.1 Å². The molecule has 0 spiro atoms. The van der Waals surface area contributed by atoms with Crippen molar-refractivity contribution in [3.8, 4) is 0 Å². The number of benzene rings is 1. The third-order valence-electron chi connectivity index (χ3n) is 7.66. The molecule has 4 rings (SSSR count). The number of carbonyl (C=O) groups is 2. The third kappa shape index (κ3) is 5.40. The first-order valence-corrected chi connectivity index (χ1v) is 12.3. The Morgan fingerprint density at radius 2 is 1.78 bits per heavy atom. The maximum atomic E-state index is 14.5. The summed E-state index contributed by atoms with van der Waals surface area (Å²) in [7, 11) is 0. The van der Waals surface area contributed by atoms with Crippen molar-refractivity contribution < 1.29 is 18.7 Å². The fraction of sp³-hybridized carbons (Fsp3) is 0.692. The highest BCUT2D eigenvalue weighted by atomic mass is 19.1. The molecule has 1 amide bonds. The van der Waals surface area contributed by atoms with E-state index in [1.165, 1.54) is 18.9 Å². The molecule has 1 aromatic carbocycles. The molecule has 3 aliphatic rings. The highest BCUT2D eigenvalue weighted by Gasteiger charge is 2.33. The molecular weight excluding hydrogens is 407 g/mol. The van der Waals surface area contributed by atoms with Gasteiger partial charge in [-0.05, 0) is 68.4 Å². The van der Waals surface area contributed by atoms with Crippen molar-refractivity contribution in [2.75, 3.05) is 32.8 Å². The first kappa shape index (κ1) is 23.4. The Morgan fingerprint density at radius 1 is 1.06 bits per heavy atom. The van der Waals surface area contributed by atoms with Gasteiger partial charge in [-0.15, -0.1) is 0 Å². The minimum atomic E-state index is -0.281. The van der Waals surface area contributed by atoms with Crippen molar-refractivity contribution >= 4 is 11.7 Å². The number of ketones is 1. The summed E-state index contributed by atoms with van der Waals surface area (Å²) in [5.41, 5.74) is 2.74. The van der Waals surface area contributed by atoms with Crippen molar-refractivity contribution in [1.29, 1.82) is 0 Å². The molecule has 1 saturated carbocycles. The van der Waals surface area contributed by atoms with Crippen LogP contribution in [0, 0.1) is 24.6 Å². The molecule has 1 aromatic rings. The molecule has 0 radical (unpaired) electrons. The van der Waals surface area contributed by atoms with Gasteiger partial charge in [0, 0.05) is 57.1 Å². The van der Waals surface area contributed by atoms with Gasteiger partial charge < -0.3 is 9.64 Å². The topological polar surface area (TPSA) is 49.9 Å². The van der Waals surface area contributed by atoms with Crippen molar-refractivity contribution in [3.05, 3.63) is 34.6 Å². The monoisotopic (exact) mass is 444 g/mol. The highest BCUT2D eigenvalue weighted by molar-refractivity contribution is 5.84. The molecule has 2 aliphatic heterocycles. The molecular formula is C26H37FN2O3. The summed E-state index contributed by atoms with van der Waals surface area (Å²) in [6, 6.07) is 3.28. The second kappa shape index (κ2) is 10.4. The second-order valence-corrected chi connectivity index (χ2v) is 10.0. The minimum Gasteiger partial charge on any atom is -0.381 e. The zero-order valence-corrected chi connectivity index (χ0v) is 19.6. The quantitative estimate of drug-likeness (QED) is 0.668. The van der Waals surface area contributed by atoms with Gasteiger partial charge in [0.25, 0.3) is 0 Å². The van der Waals surface area contributed by atoms with Gasteiger partial charge in [-0.1, -0.05) is 12.8 Å². The summed E-state index contributed by atoms with van der Waals surface area (Å²) in [6.07, 6.45) is 6.44. The number of rotatable bonds is 6. The normalized spacial score (nSPS) is 25.3. The summed E-state index contributed by atoms with van der Waals surface area (Å²) in [6.45, 7) is 8.30. The van der Waals surface area contributed by atoms with Gasteiger partial charge in [0.15, 0.2) is 0 Å². The molecule has 6 heteroatoms. The third-order valence-corrected chi connectivity index (χ3v) is 7.66. The Bertz CT molecular complexity index is 831. The van der Waals surface area contributed by atoms with Crippen LogP contribution in [0.4, 0.5) is 4.39 Å². The number of carbonyl (C=O) groups excluding carboxylic acids is 2. The molecule has 2 heterocycles. The summed E-state index contributed by atoms with van der Waals surface area (Å²) >= 11 is 0. The zero-order chi connectivity index (χ0) is 22.7. The Morgan fingerprint density at radius 3 is 2.47 bits per heavy atom. The van der Waals surface area contributed by atoms with Crippen LogP contribution in [0.1, 0.15) is 62.1 Å². The lowest BCUT2D eigenvalue weighted by Crippen LogP contribution is -2.54. The van der Waals surface area contributed by atoms with E-state index in [1.54, 1.807) is 6.07 Å². The Kier molecular flexibility index (Phi) is 7.62. The number of nitrogens with zero attached hydrogens (tertiary/aromatic N) is 2. The lowest BCUT2D eigenvalue weighted by atomic mass is 9.90. The number of ether oxygens (including phenoxy) is 1. The molecule has 32 heavy (non-hydrogen) atoms. The number of piperazine rings is 1. The van der Waals surface area contributed by atoms with Crippen LogP contribution in [-0.4, -0.2) is 60.4 Å². The van der Waals surface area contributed by atoms with Crippen LogP contribution in [0.3, 0.4) is 0 Å². The number of halogens is 1. The molecule has 176 valence electrons. The number of hydrogen-bond donors (Lipinski definition) is 0. The Hall–Kier alpha value is -1.79. The predicted molar refractivity (Wildman–Crippen MR) is 122 cm³/mol. The smallest absolute Gasteiger partial charge is 0.226 e. The molecule has 0 bridgehead atoms. The van der Waals surface area contributed by atoms with Crippen LogP contribution >= 0.6 is 0 Å². The van der Waals surface area contributed by atoms with E-state index in [1.807, 2.05) is 6.92 Å². The van der Waals surface area contributed by atoms with E-state index in [0.29, 0.717) is 19.1 Å². The fourth-order valence-electron chi connectivity index (χ4n) is 5.62. The van der Waals surface area contributed by atoms with E-state index in [9.17, 15) is 14.0 Å². The molecule has 2 atom stereocenters. The van der Waals surface area contributed by atoms with E-state index < -0.39 is 0 Å². The summed E-state index contributed by atoms with van der Waals surface area (Å²) < 4.78 is 19.9. The van der Waals surface area contributed by atoms with Crippen LogP contribution in [0.25, 0.3) is 0 Å². The van der Waals surface area contributed by atoms with Crippen molar-refractivity contribution in [3.63, 3.8) is 0 Å². The fourth-order valence-corrected chi connectivity index (χ4v) is 5.62. The van der Waals surface area contributed by atoms with Gasteiger partial charge in [0.2, 0.25) is 5.91 Å². The molecule has 1 unspecified atom stereocenters. The van der Waals surface area contributed by atoms with E-state index in [2.05, 4.69) is 16.7 Å². The first-order chi connectivity index (χ1) is 15.4. The van der Waals surface area contributed by atoms with Gasteiger partial charge in [-0.25, -0.2) is 4.39 Å². The standard InChI is InChI=1S/C26H37FN2O3/c1-18-15-28(9-10-29(18)26(31)20-6-3-4-7-20)16-23-13-24(27)12-22(19(23)2)14-25(30)21-8-5-11-32-17-21/h12-13,18,20-21H,3-11,14-17H2,1-2H3/t18-,21?/m0/s1. The minimum absolute atomic E-state index is 0.0683. The Balaban J connectivity index is 1.38. The van der Waals surface area contributed by atoms with Gasteiger partial charge in [-0.3, -0.25) is 14.5 Å². The Labute approximate surface area is 191 Å². The van der Waals surface area contributed by atoms with Crippen LogP contribution < -0.4 is 0 Å². The average Bonchev–Trinajstić information content (AvgIpc) is 3.32. The molecule has 5 nitrogen and oxygen atoms in total. The van der Waals surface area contributed by atoms with Gasteiger partial charge in [-0.2, -0.15) is 0 Å². The summed E-state index contributed by atoms with van der Waals surface area (Å²) in [4.78, 5) is 30.0. The maximum Gasteiger partial charge on any atom is 0.226 e. The number of amides is 1. The van der Waals surface area contributed by atoms with Crippen LogP contribution in [0.5, 0.6) is 0 Å². The van der Waals surface area contributed by atoms with Gasteiger partial charge in [0.1, 0.15) is 11.6 Å². The molecule has 0 N–H and O–H groups in total. The van der Waals surface area contributed by atoms with E-state index >= 15 is 0 Å². The number of Topliss-reactive ketones (excluding diaryl/α,β-unsaturated/α-hetero) is 1. The predicted octanol–water partition coefficient (Wildman–Crippen LogP) is 3.90. The zero-order valence-electron chi connectivity index (χ0n) is 19.6. The van der Waals surface area contributed by atoms with E-state index in [4.69, 9.17) is 4.74 Å². The van der Waals surface area contributed by atoms with E-state index in [0.717, 1.165) is 68.6 Å². The summed E-state index contributed by atoms with van der Waals surface area (Å²) in [5.74, 6) is 0.336. The maximum absolute atomic E-state index is 14.5. The molecule has 3 fully saturated rings. The van der Waals surface area contributed by atoms with Crippen molar-refractivity contribution in [1.82, 2.24) is 9.80 Å². The van der Waals surface area contributed by atoms with Crippen LogP contribution in [0.2, 0.25) is 0 Å². The molecule has 2 saturated heterocycles. The summed E-state index contributed by atoms with van der Waals surface area (Å²) in [5, 5.41) is 0. The van der Waals surface area contributed by atoms with E-state index in [-0.39, 0.29) is 35.9 Å². The lowest BCUT2D eigenvalue weighted by molar-refractivity contribution is -0.140. The first-order valence-electron chi connectivity index (χ1n) is 12.3. The largest absolute Gasteiger partial charge is 0.381 e. The number of hydrogen-bond acceptors (Lipinski definition) is 4. The average molecular weight is 445 g/mol.